The highest BCUT2D eigenvalue weighted by Gasteiger charge is 2.34. The van der Waals surface area contributed by atoms with E-state index in [1.54, 1.807) is 18.2 Å². The number of carbonyl (C=O) groups is 1. The summed E-state index contributed by atoms with van der Waals surface area (Å²) in [4.78, 5) is 19.2. The third-order valence-electron chi connectivity index (χ3n) is 5.32. The van der Waals surface area contributed by atoms with Crippen LogP contribution < -0.4 is 14.8 Å². The van der Waals surface area contributed by atoms with Crippen molar-refractivity contribution in [2.24, 2.45) is 0 Å². The van der Waals surface area contributed by atoms with E-state index in [9.17, 15) is 9.18 Å². The molecule has 6 nitrogen and oxygen atoms in total. The Morgan fingerprint density at radius 2 is 1.87 bits per heavy atom. The molecule has 2 aromatic heterocycles. The average Bonchev–Trinajstić information content (AvgIpc) is 3.31. The van der Waals surface area contributed by atoms with Gasteiger partial charge in [0, 0.05) is 22.3 Å². The van der Waals surface area contributed by atoms with Gasteiger partial charge in [0.2, 0.25) is 6.10 Å². The number of hydrogen-bond acceptors (Lipinski definition) is 5. The monoisotopic (exact) mass is 437 g/mol. The van der Waals surface area contributed by atoms with Crippen molar-refractivity contribution >= 4 is 22.2 Å². The van der Waals surface area contributed by atoms with Crippen LogP contribution in [0.15, 0.2) is 54.7 Å². The minimum Gasteiger partial charge on any atom is -0.482 e. The number of aromatic nitrogens is 2. The first kappa shape index (κ1) is 19.6. The van der Waals surface area contributed by atoms with Crippen LogP contribution in [0.5, 0.6) is 11.5 Å². The average molecular weight is 437 g/mol. The lowest BCUT2D eigenvalue weighted by Gasteiger charge is -2.30. The van der Waals surface area contributed by atoms with E-state index in [0.717, 1.165) is 26.8 Å². The first-order valence-corrected chi connectivity index (χ1v) is 10.7. The molecule has 1 N–H and O–H groups in total. The molecule has 0 bridgehead atoms. The maximum atomic E-state index is 13.2. The molecule has 1 aliphatic rings. The summed E-state index contributed by atoms with van der Waals surface area (Å²) in [6.45, 7) is 4.18. The fraction of sp³-hybridized carbons (Fsp3) is 0.217. The molecule has 5 rings (SSSR count). The standard InChI is InChI=1S/C23H20FN3O3S/c1-13-20(31-23-26-17(12-27(13)23)15-7-9-16(24)10-8-15)11-25-22(28)21-14(2)29-18-5-3-4-6-19(18)30-21/h3-10,12,14,21H,11H2,1-2H3,(H,25,28)/t14-,21+/m1/s1. The number of halogens is 1. The number of thiazole rings is 1. The second-order valence-electron chi connectivity index (χ2n) is 7.42. The lowest BCUT2D eigenvalue weighted by Crippen LogP contribution is -2.48. The minimum atomic E-state index is -0.718. The predicted molar refractivity (Wildman–Crippen MR) is 116 cm³/mol. The summed E-state index contributed by atoms with van der Waals surface area (Å²) < 4.78 is 26.8. The van der Waals surface area contributed by atoms with E-state index in [1.807, 2.05) is 42.6 Å². The van der Waals surface area contributed by atoms with Gasteiger partial charge in [-0.15, -0.1) is 0 Å². The van der Waals surface area contributed by atoms with Crippen molar-refractivity contribution in [1.82, 2.24) is 14.7 Å². The van der Waals surface area contributed by atoms with Crippen LogP contribution in [0.2, 0.25) is 0 Å². The van der Waals surface area contributed by atoms with Gasteiger partial charge < -0.3 is 14.8 Å². The lowest BCUT2D eigenvalue weighted by molar-refractivity contribution is -0.133. The van der Waals surface area contributed by atoms with Crippen LogP contribution in [0.1, 0.15) is 17.5 Å². The summed E-state index contributed by atoms with van der Waals surface area (Å²) in [5.74, 6) is 0.717. The summed E-state index contributed by atoms with van der Waals surface area (Å²) in [5.41, 5.74) is 2.64. The molecule has 1 aliphatic heterocycles. The van der Waals surface area contributed by atoms with E-state index in [1.165, 1.54) is 23.5 Å². The van der Waals surface area contributed by atoms with E-state index >= 15 is 0 Å². The highest BCUT2D eigenvalue weighted by Crippen LogP contribution is 2.33. The van der Waals surface area contributed by atoms with Crippen LogP contribution in [0.3, 0.4) is 0 Å². The van der Waals surface area contributed by atoms with Crippen molar-refractivity contribution in [3.8, 4) is 22.8 Å². The van der Waals surface area contributed by atoms with Crippen molar-refractivity contribution in [2.75, 3.05) is 0 Å². The Bertz CT molecular complexity index is 1270. The Kier molecular flexibility index (Phi) is 4.86. The summed E-state index contributed by atoms with van der Waals surface area (Å²) in [6, 6.07) is 13.6. The van der Waals surface area contributed by atoms with Gasteiger partial charge in [-0.05, 0) is 50.2 Å². The van der Waals surface area contributed by atoms with Gasteiger partial charge in [0.1, 0.15) is 11.9 Å². The number of ether oxygens (including phenoxy) is 2. The second-order valence-corrected chi connectivity index (χ2v) is 8.48. The van der Waals surface area contributed by atoms with Gasteiger partial charge in [0.15, 0.2) is 16.5 Å². The van der Waals surface area contributed by atoms with Gasteiger partial charge in [-0.2, -0.15) is 0 Å². The zero-order chi connectivity index (χ0) is 21.5. The van der Waals surface area contributed by atoms with Gasteiger partial charge in [0.25, 0.3) is 5.91 Å². The van der Waals surface area contributed by atoms with E-state index in [2.05, 4.69) is 10.3 Å². The van der Waals surface area contributed by atoms with E-state index in [-0.39, 0.29) is 11.7 Å². The molecule has 0 radical (unpaired) electrons. The third-order valence-corrected chi connectivity index (χ3v) is 6.47. The van der Waals surface area contributed by atoms with Crippen LogP contribution in [0, 0.1) is 12.7 Å². The van der Waals surface area contributed by atoms with Crippen LogP contribution in [0.4, 0.5) is 4.39 Å². The maximum Gasteiger partial charge on any atom is 0.265 e. The number of para-hydroxylation sites is 2. The van der Waals surface area contributed by atoms with Gasteiger partial charge in [0.05, 0.1) is 12.2 Å². The Labute approximate surface area is 182 Å². The zero-order valence-corrected chi connectivity index (χ0v) is 17.8. The Morgan fingerprint density at radius 1 is 1.16 bits per heavy atom. The molecule has 2 atom stereocenters. The van der Waals surface area contributed by atoms with Crippen molar-refractivity contribution in [2.45, 2.75) is 32.6 Å². The van der Waals surface area contributed by atoms with Crippen molar-refractivity contribution in [3.63, 3.8) is 0 Å². The fourth-order valence-corrected chi connectivity index (χ4v) is 4.63. The number of carbonyl (C=O) groups excluding carboxylic acids is 1. The molecule has 2 aromatic carbocycles. The lowest BCUT2D eigenvalue weighted by atomic mass is 10.1. The first-order chi connectivity index (χ1) is 15.0. The van der Waals surface area contributed by atoms with Crippen LogP contribution in [-0.2, 0) is 11.3 Å². The molecule has 0 saturated carbocycles. The molecule has 158 valence electrons. The normalized spacial score (nSPS) is 17.6. The summed E-state index contributed by atoms with van der Waals surface area (Å²) >= 11 is 1.51. The number of fused-ring (bicyclic) bond motifs is 2. The molecule has 4 aromatic rings. The maximum absolute atomic E-state index is 13.2. The predicted octanol–water partition coefficient (Wildman–Crippen LogP) is 4.36. The number of amides is 1. The van der Waals surface area contributed by atoms with E-state index in [4.69, 9.17) is 9.47 Å². The van der Waals surface area contributed by atoms with E-state index < -0.39 is 12.2 Å². The van der Waals surface area contributed by atoms with Crippen LogP contribution in [-0.4, -0.2) is 27.5 Å². The number of benzene rings is 2. The number of nitrogens with one attached hydrogen (secondary N) is 1. The Hall–Kier alpha value is -3.39. The van der Waals surface area contributed by atoms with Gasteiger partial charge in [-0.3, -0.25) is 9.20 Å². The van der Waals surface area contributed by atoms with Crippen LogP contribution >= 0.6 is 11.3 Å². The third kappa shape index (κ3) is 3.63. The number of hydrogen-bond donors (Lipinski definition) is 1. The SMILES string of the molecule is Cc1c(CNC(=O)[C@H]2Oc3ccccc3O[C@@H]2C)sc2nc(-c3ccc(F)cc3)cn12. The molecule has 0 spiro atoms. The number of imidazole rings is 1. The summed E-state index contributed by atoms with van der Waals surface area (Å²) in [5, 5.41) is 2.96. The number of rotatable bonds is 4. The molecule has 31 heavy (non-hydrogen) atoms. The summed E-state index contributed by atoms with van der Waals surface area (Å²) in [7, 11) is 0. The van der Waals surface area contributed by atoms with Gasteiger partial charge >= 0.3 is 0 Å². The van der Waals surface area contributed by atoms with Crippen molar-refractivity contribution < 1.29 is 18.7 Å². The molecule has 0 fully saturated rings. The summed E-state index contributed by atoms with van der Waals surface area (Å²) in [6.07, 6.45) is 0.816. The molecule has 0 saturated heterocycles. The van der Waals surface area contributed by atoms with Crippen LogP contribution in [0.25, 0.3) is 16.2 Å². The quantitative estimate of drug-likeness (QED) is 0.515. The van der Waals surface area contributed by atoms with E-state index in [0.29, 0.717) is 18.0 Å². The molecule has 0 unspecified atom stereocenters. The second kappa shape index (κ2) is 7.70. The van der Waals surface area contributed by atoms with Crippen molar-refractivity contribution in [1.29, 1.82) is 0 Å². The zero-order valence-electron chi connectivity index (χ0n) is 17.0. The first-order valence-electron chi connectivity index (χ1n) is 9.93. The van der Waals surface area contributed by atoms with Crippen molar-refractivity contribution in [3.05, 3.63) is 71.1 Å². The number of nitrogens with zero attached hydrogens (tertiary/aromatic N) is 2. The fourth-order valence-electron chi connectivity index (χ4n) is 3.59. The molecular formula is C23H20FN3O3S. The highest BCUT2D eigenvalue weighted by atomic mass is 32.1. The Morgan fingerprint density at radius 3 is 2.58 bits per heavy atom. The molecule has 3 heterocycles. The molecule has 0 aliphatic carbocycles. The molecular weight excluding hydrogens is 417 g/mol. The highest BCUT2D eigenvalue weighted by molar-refractivity contribution is 7.17. The smallest absolute Gasteiger partial charge is 0.265 e. The number of aryl methyl sites for hydroxylation is 1. The van der Waals surface area contributed by atoms with Gasteiger partial charge in [-0.1, -0.05) is 23.5 Å². The Balaban J connectivity index is 1.30. The minimum absolute atomic E-state index is 0.223. The molecule has 1 amide bonds. The molecule has 8 heteroatoms. The largest absolute Gasteiger partial charge is 0.482 e. The topological polar surface area (TPSA) is 64.9 Å². The van der Waals surface area contributed by atoms with Gasteiger partial charge in [-0.25, -0.2) is 9.37 Å².